The number of rotatable bonds is 6. The maximum absolute atomic E-state index is 12.2. The molecule has 8 heteroatoms. The monoisotopic (exact) mass is 366 g/mol. The van der Waals surface area contributed by atoms with Crippen LogP contribution in [0.15, 0.2) is 42.7 Å². The van der Waals surface area contributed by atoms with Crippen molar-refractivity contribution in [2.75, 3.05) is 0 Å². The van der Waals surface area contributed by atoms with Crippen LogP contribution in [-0.2, 0) is 24.8 Å². The van der Waals surface area contributed by atoms with Crippen LogP contribution < -0.4 is 5.32 Å². The minimum Gasteiger partial charge on any atom is -0.508 e. The number of benzene rings is 1. The predicted octanol–water partition coefficient (Wildman–Crippen LogP) is 1.37. The first-order valence-corrected chi connectivity index (χ1v) is 9.02. The Kier molecular flexibility index (Phi) is 4.62. The Morgan fingerprint density at radius 2 is 2.07 bits per heavy atom. The normalized spacial score (nSPS) is 18.9. The maximum Gasteiger partial charge on any atom is 0.224 e. The van der Waals surface area contributed by atoms with E-state index in [9.17, 15) is 9.90 Å². The van der Waals surface area contributed by atoms with Crippen LogP contribution in [0.1, 0.15) is 36.0 Å². The van der Waals surface area contributed by atoms with E-state index in [2.05, 4.69) is 20.6 Å². The summed E-state index contributed by atoms with van der Waals surface area (Å²) in [6, 6.07) is 8.94. The number of phenolic OH excluding ortho intramolecular Hbond substituents is 1. The van der Waals surface area contributed by atoms with Gasteiger partial charge in [0.2, 0.25) is 5.91 Å². The van der Waals surface area contributed by atoms with Gasteiger partial charge in [0.15, 0.2) is 5.82 Å². The van der Waals surface area contributed by atoms with Gasteiger partial charge in [-0.1, -0.05) is 18.2 Å². The summed E-state index contributed by atoms with van der Waals surface area (Å²) in [7, 11) is 1.97. The Bertz CT molecular complexity index is 928. The first-order valence-electron chi connectivity index (χ1n) is 9.02. The van der Waals surface area contributed by atoms with E-state index in [-0.39, 0.29) is 24.1 Å². The molecule has 27 heavy (non-hydrogen) atoms. The summed E-state index contributed by atoms with van der Waals surface area (Å²) in [4.78, 5) is 12.2. The molecule has 1 amide bonds. The second kappa shape index (κ2) is 7.22. The van der Waals surface area contributed by atoms with Crippen LogP contribution in [0.2, 0.25) is 0 Å². The molecule has 0 aliphatic heterocycles. The van der Waals surface area contributed by atoms with Crippen molar-refractivity contribution in [1.82, 2.24) is 29.9 Å². The molecule has 3 aromatic rings. The zero-order chi connectivity index (χ0) is 18.8. The van der Waals surface area contributed by atoms with Gasteiger partial charge in [-0.25, -0.2) is 0 Å². The first kappa shape index (κ1) is 17.3. The van der Waals surface area contributed by atoms with Crippen molar-refractivity contribution >= 4 is 5.91 Å². The lowest BCUT2D eigenvalue weighted by molar-refractivity contribution is -0.121. The molecule has 1 aromatic carbocycles. The van der Waals surface area contributed by atoms with E-state index >= 15 is 0 Å². The molecule has 8 nitrogen and oxygen atoms in total. The van der Waals surface area contributed by atoms with Crippen LogP contribution in [0.25, 0.3) is 0 Å². The largest absolute Gasteiger partial charge is 0.508 e. The van der Waals surface area contributed by atoms with Crippen LogP contribution in [0.5, 0.6) is 5.75 Å². The quantitative estimate of drug-likeness (QED) is 0.687. The smallest absolute Gasteiger partial charge is 0.224 e. The highest BCUT2D eigenvalue weighted by atomic mass is 16.3. The van der Waals surface area contributed by atoms with Crippen molar-refractivity contribution in [2.45, 2.75) is 37.8 Å². The average molecular weight is 366 g/mol. The van der Waals surface area contributed by atoms with Gasteiger partial charge >= 0.3 is 0 Å². The van der Waals surface area contributed by atoms with Crippen molar-refractivity contribution in [3.05, 3.63) is 59.9 Å². The highest BCUT2D eigenvalue weighted by Gasteiger charge is 2.34. The zero-order valence-electron chi connectivity index (χ0n) is 15.1. The van der Waals surface area contributed by atoms with E-state index in [0.29, 0.717) is 18.0 Å². The van der Waals surface area contributed by atoms with Gasteiger partial charge in [-0.3, -0.25) is 9.48 Å². The number of nitrogens with one attached hydrogen (secondary N) is 1. The highest BCUT2D eigenvalue weighted by Crippen LogP contribution is 2.36. The van der Waals surface area contributed by atoms with Gasteiger partial charge in [0.25, 0.3) is 0 Å². The Balaban J connectivity index is 1.30. The second-order valence-electron chi connectivity index (χ2n) is 6.98. The maximum atomic E-state index is 12.2. The fourth-order valence-corrected chi connectivity index (χ4v) is 3.47. The van der Waals surface area contributed by atoms with Gasteiger partial charge < -0.3 is 15.0 Å². The molecule has 0 unspecified atom stereocenters. The van der Waals surface area contributed by atoms with E-state index in [1.807, 2.05) is 34.6 Å². The summed E-state index contributed by atoms with van der Waals surface area (Å²) >= 11 is 0. The molecular weight excluding hydrogens is 344 g/mol. The number of aromatic hydroxyl groups is 1. The van der Waals surface area contributed by atoms with Crippen molar-refractivity contribution in [3.8, 4) is 5.75 Å². The lowest BCUT2D eigenvalue weighted by Crippen LogP contribution is -2.44. The molecule has 140 valence electrons. The minimum atomic E-state index is -0.0720. The van der Waals surface area contributed by atoms with Gasteiger partial charge in [-0.2, -0.15) is 5.10 Å². The number of aromatic nitrogens is 5. The first-order chi connectivity index (χ1) is 13.1. The number of hydrogen-bond donors (Lipinski definition) is 2. The number of hydrogen-bond acceptors (Lipinski definition) is 5. The summed E-state index contributed by atoms with van der Waals surface area (Å²) in [5.74, 6) is 2.19. The summed E-state index contributed by atoms with van der Waals surface area (Å²) in [5, 5.41) is 25.6. The van der Waals surface area contributed by atoms with Gasteiger partial charge in [-0.15, -0.1) is 10.2 Å². The Morgan fingerprint density at radius 3 is 2.81 bits per heavy atom. The molecule has 4 rings (SSSR count). The van der Waals surface area contributed by atoms with Crippen LogP contribution in [0, 0.1) is 0 Å². The van der Waals surface area contributed by atoms with Crippen LogP contribution in [-0.4, -0.2) is 41.6 Å². The number of para-hydroxylation sites is 1. The van der Waals surface area contributed by atoms with Crippen LogP contribution in [0.3, 0.4) is 0 Å². The van der Waals surface area contributed by atoms with Crippen LogP contribution >= 0.6 is 0 Å². The summed E-state index contributed by atoms with van der Waals surface area (Å²) < 4.78 is 3.84. The summed E-state index contributed by atoms with van der Waals surface area (Å²) in [5.41, 5.74) is 0.641. The summed E-state index contributed by atoms with van der Waals surface area (Å²) in [6.07, 6.45) is 5.52. The second-order valence-corrected chi connectivity index (χ2v) is 6.98. The van der Waals surface area contributed by atoms with Crippen LogP contribution in [0.4, 0.5) is 0 Å². The van der Waals surface area contributed by atoms with Crippen molar-refractivity contribution in [1.29, 1.82) is 0 Å². The molecule has 2 N–H and O–H groups in total. The zero-order valence-corrected chi connectivity index (χ0v) is 15.1. The third-order valence-corrected chi connectivity index (χ3v) is 5.07. The van der Waals surface area contributed by atoms with E-state index in [1.165, 1.54) is 0 Å². The lowest BCUT2D eigenvalue weighted by atomic mass is 9.79. The third-order valence-electron chi connectivity index (χ3n) is 5.07. The number of carbonyl (C=O) groups excluding carboxylic acids is 1. The van der Waals surface area contributed by atoms with Crippen molar-refractivity contribution in [3.63, 3.8) is 0 Å². The van der Waals surface area contributed by atoms with Crippen molar-refractivity contribution in [2.24, 2.45) is 7.05 Å². The summed E-state index contributed by atoms with van der Waals surface area (Å²) in [6.45, 7) is 0.587. The molecule has 0 atom stereocenters. The van der Waals surface area contributed by atoms with E-state index in [1.54, 1.807) is 24.4 Å². The number of amides is 1. The molecule has 0 spiro atoms. The van der Waals surface area contributed by atoms with E-state index < -0.39 is 0 Å². The highest BCUT2D eigenvalue weighted by molar-refractivity contribution is 5.79. The minimum absolute atomic E-state index is 0.0720. The molecule has 2 heterocycles. The molecule has 1 aliphatic carbocycles. The van der Waals surface area contributed by atoms with E-state index in [0.717, 1.165) is 24.5 Å². The molecule has 0 radical (unpaired) electrons. The third kappa shape index (κ3) is 3.69. The molecule has 0 saturated heterocycles. The van der Waals surface area contributed by atoms with Gasteiger partial charge in [0.1, 0.15) is 18.1 Å². The number of carbonyl (C=O) groups is 1. The van der Waals surface area contributed by atoms with Gasteiger partial charge in [0, 0.05) is 37.0 Å². The number of phenols is 1. The number of nitrogens with zero attached hydrogens (tertiary/aromatic N) is 5. The molecular formula is C19H22N6O2. The molecule has 1 saturated carbocycles. The topological polar surface area (TPSA) is 97.9 Å². The van der Waals surface area contributed by atoms with Gasteiger partial charge in [-0.05, 0) is 25.0 Å². The van der Waals surface area contributed by atoms with E-state index in [4.69, 9.17) is 0 Å². The Labute approximate surface area is 156 Å². The Hall–Kier alpha value is -3.16. The fourth-order valence-electron chi connectivity index (χ4n) is 3.47. The average Bonchev–Trinajstić information content (AvgIpc) is 3.24. The van der Waals surface area contributed by atoms with Crippen molar-refractivity contribution < 1.29 is 9.90 Å². The molecule has 1 aliphatic rings. The molecule has 1 fully saturated rings. The van der Waals surface area contributed by atoms with Gasteiger partial charge in [0.05, 0.1) is 6.42 Å². The lowest BCUT2D eigenvalue weighted by Gasteiger charge is -2.35. The fraction of sp³-hybridized carbons (Fsp3) is 0.368. The standard InChI is InChI=1S/C19H22N6O2/c1-24-17(12-25-8-4-7-20-25)22-23-19(24)14-9-15(10-14)21-18(27)11-13-5-2-3-6-16(13)26/h2-8,14-15,26H,9-12H2,1H3,(H,21,27). The molecule has 2 aromatic heterocycles. The Morgan fingerprint density at radius 1 is 1.26 bits per heavy atom. The predicted molar refractivity (Wildman–Crippen MR) is 98.0 cm³/mol. The SMILES string of the molecule is Cn1c(Cn2cccn2)nnc1C1CC(NC(=O)Cc2ccccc2O)C1. The molecule has 0 bridgehead atoms.